The highest BCUT2D eigenvalue weighted by Crippen LogP contribution is 2.31. The fourth-order valence-corrected chi connectivity index (χ4v) is 1.67. The van der Waals surface area contributed by atoms with Gasteiger partial charge < -0.3 is 4.42 Å². The maximum atomic E-state index is 10.9. The Labute approximate surface area is 109 Å². The van der Waals surface area contributed by atoms with Crippen LogP contribution >= 0.6 is 0 Å². The fraction of sp³-hybridized carbons (Fsp3) is 0.0714. The molecule has 0 aliphatic carbocycles. The lowest BCUT2D eigenvalue weighted by molar-refractivity contribution is -0.384. The topological polar surface area (TPSA) is 73.3 Å². The number of nitrogens with zero attached hydrogens (tertiary/aromatic N) is 1. The van der Waals surface area contributed by atoms with E-state index in [4.69, 9.17) is 4.42 Å². The number of allylic oxidation sites excluding steroid dienone is 1. The molecule has 0 N–H and O–H groups in total. The average molecular weight is 257 g/mol. The maximum absolute atomic E-state index is 10.9. The van der Waals surface area contributed by atoms with E-state index >= 15 is 0 Å². The van der Waals surface area contributed by atoms with Gasteiger partial charge in [-0.15, -0.1) is 0 Å². The monoisotopic (exact) mass is 257 g/mol. The number of nitro benzene ring substituents is 1. The third-order valence-corrected chi connectivity index (χ3v) is 2.55. The summed E-state index contributed by atoms with van der Waals surface area (Å²) in [5.41, 5.74) is 0.916. The van der Waals surface area contributed by atoms with Crippen LogP contribution in [0, 0.1) is 10.1 Å². The maximum Gasteiger partial charge on any atom is 0.280 e. The molecule has 0 spiro atoms. The van der Waals surface area contributed by atoms with E-state index in [1.165, 1.54) is 6.07 Å². The lowest BCUT2D eigenvalue weighted by atomic mass is 10.1. The highest BCUT2D eigenvalue weighted by atomic mass is 16.6. The molecule has 0 saturated heterocycles. The van der Waals surface area contributed by atoms with Crippen LogP contribution in [0.4, 0.5) is 5.69 Å². The zero-order valence-corrected chi connectivity index (χ0v) is 10.2. The smallest absolute Gasteiger partial charge is 0.280 e. The van der Waals surface area contributed by atoms with E-state index in [2.05, 4.69) is 0 Å². The molecule has 0 aliphatic heterocycles. The standard InChI is InChI=1S/C14H11NO4/c1-10(9-16)8-11-6-7-14(19-11)12-4-2-3-5-13(12)15(17)18/h2-9H,1H3/b10-8+. The molecule has 0 unspecified atom stereocenters. The third-order valence-electron chi connectivity index (χ3n) is 2.55. The van der Waals surface area contributed by atoms with E-state index in [1.807, 2.05) is 0 Å². The Kier molecular flexibility index (Phi) is 3.56. The van der Waals surface area contributed by atoms with Crippen LogP contribution in [-0.2, 0) is 4.79 Å². The summed E-state index contributed by atoms with van der Waals surface area (Å²) in [4.78, 5) is 21.0. The van der Waals surface area contributed by atoms with E-state index in [0.29, 0.717) is 28.9 Å². The second-order valence-corrected chi connectivity index (χ2v) is 3.98. The molecule has 0 radical (unpaired) electrons. The summed E-state index contributed by atoms with van der Waals surface area (Å²) in [5, 5.41) is 10.9. The minimum absolute atomic E-state index is 0.0144. The molecule has 1 heterocycles. The first-order chi connectivity index (χ1) is 9.11. The van der Waals surface area contributed by atoms with Crippen LogP contribution in [0.3, 0.4) is 0 Å². The van der Waals surface area contributed by atoms with E-state index in [1.54, 1.807) is 43.3 Å². The number of carbonyl (C=O) groups is 1. The Morgan fingerprint density at radius 2 is 2.00 bits per heavy atom. The number of rotatable bonds is 4. The fourth-order valence-electron chi connectivity index (χ4n) is 1.67. The van der Waals surface area contributed by atoms with Crippen molar-refractivity contribution in [1.82, 2.24) is 0 Å². The molecular formula is C14H11NO4. The SMILES string of the molecule is C/C(C=O)=C\c1ccc(-c2ccccc2[N+](=O)[O-])o1. The summed E-state index contributed by atoms with van der Waals surface area (Å²) in [7, 11) is 0. The van der Waals surface area contributed by atoms with Gasteiger partial charge in [-0.3, -0.25) is 14.9 Å². The van der Waals surface area contributed by atoms with Crippen LogP contribution in [0.15, 0.2) is 46.4 Å². The zero-order chi connectivity index (χ0) is 13.8. The normalized spacial score (nSPS) is 11.3. The molecule has 19 heavy (non-hydrogen) atoms. The number of para-hydroxylation sites is 1. The van der Waals surface area contributed by atoms with E-state index in [-0.39, 0.29) is 5.69 Å². The molecule has 0 bridgehead atoms. The zero-order valence-electron chi connectivity index (χ0n) is 10.2. The van der Waals surface area contributed by atoms with Crippen LogP contribution in [0.5, 0.6) is 0 Å². The molecule has 0 fully saturated rings. The largest absolute Gasteiger partial charge is 0.456 e. The first kappa shape index (κ1) is 12.8. The van der Waals surface area contributed by atoms with Crippen molar-refractivity contribution in [2.75, 3.05) is 0 Å². The summed E-state index contributed by atoms with van der Waals surface area (Å²) in [5.74, 6) is 0.884. The van der Waals surface area contributed by atoms with E-state index in [0.717, 1.165) is 0 Å². The van der Waals surface area contributed by atoms with Crippen molar-refractivity contribution in [3.05, 3.63) is 57.8 Å². The lowest BCUT2D eigenvalue weighted by Gasteiger charge is -1.98. The molecule has 0 aliphatic rings. The Morgan fingerprint density at radius 1 is 1.26 bits per heavy atom. The van der Waals surface area contributed by atoms with Gasteiger partial charge in [0, 0.05) is 6.07 Å². The Hall–Kier alpha value is -2.69. The molecular weight excluding hydrogens is 246 g/mol. The third kappa shape index (κ3) is 2.77. The van der Waals surface area contributed by atoms with Gasteiger partial charge >= 0.3 is 0 Å². The summed E-state index contributed by atoms with van der Waals surface area (Å²) >= 11 is 0. The van der Waals surface area contributed by atoms with Gasteiger partial charge in [0.25, 0.3) is 5.69 Å². The van der Waals surface area contributed by atoms with Crippen LogP contribution in [0.2, 0.25) is 0 Å². The predicted molar refractivity (Wildman–Crippen MR) is 70.5 cm³/mol. The number of aldehydes is 1. The molecule has 1 aromatic heterocycles. The molecule has 5 nitrogen and oxygen atoms in total. The molecule has 5 heteroatoms. The molecule has 1 aromatic carbocycles. The highest BCUT2D eigenvalue weighted by molar-refractivity contribution is 5.80. The van der Waals surface area contributed by atoms with Gasteiger partial charge in [-0.2, -0.15) is 0 Å². The second kappa shape index (κ2) is 5.30. The average Bonchev–Trinajstić information content (AvgIpc) is 2.86. The van der Waals surface area contributed by atoms with Crippen molar-refractivity contribution in [1.29, 1.82) is 0 Å². The van der Waals surface area contributed by atoms with Crippen molar-refractivity contribution >= 4 is 18.0 Å². The van der Waals surface area contributed by atoms with Gasteiger partial charge in [0.1, 0.15) is 17.8 Å². The lowest BCUT2D eigenvalue weighted by Crippen LogP contribution is -1.90. The van der Waals surface area contributed by atoms with Gasteiger partial charge in [-0.1, -0.05) is 12.1 Å². The van der Waals surface area contributed by atoms with Crippen LogP contribution in [0.25, 0.3) is 17.4 Å². The van der Waals surface area contributed by atoms with E-state index in [9.17, 15) is 14.9 Å². The van der Waals surface area contributed by atoms with Crippen molar-refractivity contribution in [2.24, 2.45) is 0 Å². The first-order valence-electron chi connectivity index (χ1n) is 5.59. The quantitative estimate of drug-likeness (QED) is 0.364. The van der Waals surface area contributed by atoms with Gasteiger partial charge in [0.05, 0.1) is 10.5 Å². The molecule has 0 amide bonds. The van der Waals surface area contributed by atoms with Crippen LogP contribution < -0.4 is 0 Å². The number of benzene rings is 1. The number of furan rings is 1. The summed E-state index contributed by atoms with van der Waals surface area (Å²) in [6, 6.07) is 9.66. The van der Waals surface area contributed by atoms with E-state index < -0.39 is 4.92 Å². The van der Waals surface area contributed by atoms with Crippen molar-refractivity contribution in [2.45, 2.75) is 6.92 Å². The summed E-state index contributed by atoms with van der Waals surface area (Å²) in [6.07, 6.45) is 2.29. The molecule has 0 saturated carbocycles. The van der Waals surface area contributed by atoms with Crippen LogP contribution in [0.1, 0.15) is 12.7 Å². The Bertz CT molecular complexity index is 655. The summed E-state index contributed by atoms with van der Waals surface area (Å²) < 4.78 is 5.49. The van der Waals surface area contributed by atoms with Gasteiger partial charge in [0.2, 0.25) is 0 Å². The number of hydrogen-bond donors (Lipinski definition) is 0. The molecule has 0 atom stereocenters. The van der Waals surface area contributed by atoms with Crippen molar-refractivity contribution in [3.63, 3.8) is 0 Å². The molecule has 2 aromatic rings. The minimum Gasteiger partial charge on any atom is -0.456 e. The van der Waals surface area contributed by atoms with Gasteiger partial charge in [-0.05, 0) is 36.8 Å². The highest BCUT2D eigenvalue weighted by Gasteiger charge is 2.16. The summed E-state index contributed by atoms with van der Waals surface area (Å²) in [6.45, 7) is 1.65. The number of carbonyl (C=O) groups excluding carboxylic acids is 1. The van der Waals surface area contributed by atoms with Gasteiger partial charge in [0.15, 0.2) is 0 Å². The molecule has 96 valence electrons. The predicted octanol–water partition coefficient (Wildman–Crippen LogP) is 3.46. The molecule has 2 rings (SSSR count). The Balaban J connectivity index is 2.44. The first-order valence-corrected chi connectivity index (χ1v) is 5.59. The number of hydrogen-bond acceptors (Lipinski definition) is 4. The second-order valence-electron chi connectivity index (χ2n) is 3.98. The van der Waals surface area contributed by atoms with Crippen molar-refractivity contribution in [3.8, 4) is 11.3 Å². The minimum atomic E-state index is -0.454. The Morgan fingerprint density at radius 3 is 2.68 bits per heavy atom. The van der Waals surface area contributed by atoms with Crippen molar-refractivity contribution < 1.29 is 14.1 Å². The number of nitro groups is 1. The van der Waals surface area contributed by atoms with Gasteiger partial charge in [-0.25, -0.2) is 0 Å². The van der Waals surface area contributed by atoms with Crippen LogP contribution in [-0.4, -0.2) is 11.2 Å².